The molecule has 3 rings (SSSR count). The zero-order valence-corrected chi connectivity index (χ0v) is 14.7. The summed E-state index contributed by atoms with van der Waals surface area (Å²) in [5.74, 6) is 0. The minimum Gasteiger partial charge on any atom is -0.310 e. The number of nitrogens with zero attached hydrogens (tertiary/aromatic N) is 4. The van der Waals surface area contributed by atoms with Crippen molar-refractivity contribution in [3.8, 4) is 0 Å². The van der Waals surface area contributed by atoms with Crippen LogP contribution in [0.15, 0.2) is 49.3 Å². The van der Waals surface area contributed by atoms with E-state index in [2.05, 4.69) is 51.6 Å². The summed E-state index contributed by atoms with van der Waals surface area (Å²) < 4.78 is 1.89. The molecule has 24 heavy (non-hydrogen) atoms. The van der Waals surface area contributed by atoms with Gasteiger partial charge in [0.2, 0.25) is 0 Å². The number of benzene rings is 1. The highest BCUT2D eigenvalue weighted by Crippen LogP contribution is 2.14. The van der Waals surface area contributed by atoms with Crippen molar-refractivity contribution in [2.45, 2.75) is 45.3 Å². The number of rotatable bonds is 8. The molecule has 2 heterocycles. The van der Waals surface area contributed by atoms with Crippen LogP contribution in [0.3, 0.4) is 0 Å². The maximum absolute atomic E-state index is 4.15. The van der Waals surface area contributed by atoms with Crippen molar-refractivity contribution < 1.29 is 0 Å². The van der Waals surface area contributed by atoms with Gasteiger partial charge in [-0.3, -0.25) is 9.67 Å². The average molecular weight is 346 g/mol. The lowest BCUT2D eigenvalue weighted by Gasteiger charge is -2.14. The van der Waals surface area contributed by atoms with Gasteiger partial charge in [-0.25, -0.2) is 4.98 Å². The van der Waals surface area contributed by atoms with Crippen LogP contribution in [0.4, 0.5) is 0 Å². The van der Waals surface area contributed by atoms with E-state index in [9.17, 15) is 0 Å². The first-order valence-electron chi connectivity index (χ1n) is 8.20. The van der Waals surface area contributed by atoms with Crippen LogP contribution < -0.4 is 5.32 Å². The van der Waals surface area contributed by atoms with E-state index in [1.165, 1.54) is 29.2 Å². The first-order valence-corrected chi connectivity index (χ1v) is 8.20. The first kappa shape index (κ1) is 18.4. The zero-order chi connectivity index (χ0) is 15.9. The summed E-state index contributed by atoms with van der Waals surface area (Å²) in [6, 6.07) is 9.13. The lowest BCUT2D eigenvalue weighted by Crippen LogP contribution is -2.25. The second-order valence-corrected chi connectivity index (χ2v) is 5.99. The van der Waals surface area contributed by atoms with Crippen molar-refractivity contribution in [3.05, 3.63) is 54.9 Å². The van der Waals surface area contributed by atoms with Crippen LogP contribution in [0.1, 0.15) is 31.7 Å². The van der Waals surface area contributed by atoms with E-state index in [4.69, 9.17) is 0 Å². The Balaban J connectivity index is 0.00000208. The van der Waals surface area contributed by atoms with Gasteiger partial charge in [-0.2, -0.15) is 5.10 Å². The summed E-state index contributed by atoms with van der Waals surface area (Å²) in [5, 5.41) is 10.2. The van der Waals surface area contributed by atoms with E-state index in [0.29, 0.717) is 6.04 Å². The molecule has 5 nitrogen and oxygen atoms in total. The molecule has 6 heteroatoms. The SMILES string of the molecule is C[C@H](CCCCn1cncn1)NCc1ccc2cnccc2c1.Cl. The normalized spacial score (nSPS) is 12.0. The molecule has 0 saturated heterocycles. The molecule has 0 spiro atoms. The topological polar surface area (TPSA) is 55.6 Å². The Morgan fingerprint density at radius 3 is 2.88 bits per heavy atom. The van der Waals surface area contributed by atoms with E-state index in [1.54, 1.807) is 12.7 Å². The lowest BCUT2D eigenvalue weighted by molar-refractivity contribution is 0.465. The lowest BCUT2D eigenvalue weighted by atomic mass is 10.1. The van der Waals surface area contributed by atoms with E-state index in [-0.39, 0.29) is 12.4 Å². The molecular weight excluding hydrogens is 322 g/mol. The van der Waals surface area contributed by atoms with Gasteiger partial charge < -0.3 is 5.32 Å². The summed E-state index contributed by atoms with van der Waals surface area (Å²) in [7, 11) is 0. The van der Waals surface area contributed by atoms with Gasteiger partial charge in [-0.1, -0.05) is 18.6 Å². The van der Waals surface area contributed by atoms with E-state index < -0.39 is 0 Å². The van der Waals surface area contributed by atoms with Gasteiger partial charge in [-0.05, 0) is 42.8 Å². The number of halogens is 1. The first-order chi connectivity index (χ1) is 11.3. The van der Waals surface area contributed by atoms with E-state index >= 15 is 0 Å². The van der Waals surface area contributed by atoms with Crippen molar-refractivity contribution in [2.24, 2.45) is 0 Å². The minimum atomic E-state index is 0. The standard InChI is InChI=1S/C18H23N5.ClH/c1-15(4-2-3-9-23-14-20-13-22-23)21-11-16-5-6-18-12-19-8-7-17(18)10-16;/h5-8,10,12-15,21H,2-4,9,11H2,1H3;1H/t15-;/m1./s1. The fourth-order valence-electron chi connectivity index (χ4n) is 2.71. The molecule has 128 valence electrons. The molecule has 1 aromatic carbocycles. The molecule has 0 aliphatic carbocycles. The van der Waals surface area contributed by atoms with Crippen LogP contribution in [0.2, 0.25) is 0 Å². The molecule has 0 amide bonds. The van der Waals surface area contributed by atoms with Gasteiger partial charge in [0.05, 0.1) is 0 Å². The molecule has 1 atom stereocenters. The molecule has 3 aromatic rings. The second-order valence-electron chi connectivity index (χ2n) is 5.99. The largest absolute Gasteiger partial charge is 0.310 e. The summed E-state index contributed by atoms with van der Waals surface area (Å²) in [4.78, 5) is 8.11. The van der Waals surface area contributed by atoms with Crippen LogP contribution in [-0.2, 0) is 13.1 Å². The fourth-order valence-corrected chi connectivity index (χ4v) is 2.71. The Bertz CT molecular complexity index is 729. The van der Waals surface area contributed by atoms with Gasteiger partial charge in [0.25, 0.3) is 0 Å². The third-order valence-electron chi connectivity index (χ3n) is 4.10. The molecule has 2 aromatic heterocycles. The zero-order valence-electron chi connectivity index (χ0n) is 13.9. The summed E-state index contributed by atoms with van der Waals surface area (Å²) in [6.07, 6.45) is 10.6. The van der Waals surface area contributed by atoms with Crippen LogP contribution in [0.25, 0.3) is 10.8 Å². The van der Waals surface area contributed by atoms with Gasteiger partial charge in [0, 0.05) is 36.9 Å². The van der Waals surface area contributed by atoms with E-state index in [1.807, 2.05) is 17.1 Å². The highest BCUT2D eigenvalue weighted by atomic mass is 35.5. The number of unbranched alkanes of at least 4 members (excludes halogenated alkanes) is 1. The van der Waals surface area contributed by atoms with Gasteiger partial charge in [0.15, 0.2) is 0 Å². The summed E-state index contributed by atoms with van der Waals surface area (Å²) in [6.45, 7) is 4.11. The monoisotopic (exact) mass is 345 g/mol. The molecule has 0 unspecified atom stereocenters. The Hall–Kier alpha value is -1.98. The summed E-state index contributed by atoms with van der Waals surface area (Å²) >= 11 is 0. The predicted octanol–water partition coefficient (Wildman–Crippen LogP) is 3.60. The number of pyridine rings is 1. The van der Waals surface area contributed by atoms with Crippen LogP contribution in [0, 0.1) is 0 Å². The molecule has 1 N–H and O–H groups in total. The molecule has 0 fully saturated rings. The molecule has 0 aliphatic rings. The van der Waals surface area contributed by atoms with E-state index in [0.717, 1.165) is 19.5 Å². The predicted molar refractivity (Wildman–Crippen MR) is 99.2 cm³/mol. The number of aryl methyl sites for hydroxylation is 1. The highest BCUT2D eigenvalue weighted by Gasteiger charge is 2.03. The third kappa shape index (κ3) is 5.28. The third-order valence-corrected chi connectivity index (χ3v) is 4.10. The number of aromatic nitrogens is 4. The minimum absolute atomic E-state index is 0. The summed E-state index contributed by atoms with van der Waals surface area (Å²) in [5.41, 5.74) is 1.32. The van der Waals surface area contributed by atoms with Crippen molar-refractivity contribution in [1.82, 2.24) is 25.1 Å². The Morgan fingerprint density at radius 1 is 1.12 bits per heavy atom. The molecule has 0 bridgehead atoms. The number of hydrogen-bond donors (Lipinski definition) is 1. The highest BCUT2D eigenvalue weighted by molar-refractivity contribution is 5.85. The van der Waals surface area contributed by atoms with Crippen molar-refractivity contribution in [3.63, 3.8) is 0 Å². The average Bonchev–Trinajstić information content (AvgIpc) is 3.10. The van der Waals surface area contributed by atoms with Crippen molar-refractivity contribution in [1.29, 1.82) is 0 Å². The van der Waals surface area contributed by atoms with Gasteiger partial charge in [0.1, 0.15) is 12.7 Å². The van der Waals surface area contributed by atoms with Crippen LogP contribution in [-0.4, -0.2) is 25.8 Å². The maximum Gasteiger partial charge on any atom is 0.137 e. The van der Waals surface area contributed by atoms with Gasteiger partial charge >= 0.3 is 0 Å². The molecule has 0 aliphatic heterocycles. The molecule has 0 radical (unpaired) electrons. The van der Waals surface area contributed by atoms with Crippen LogP contribution >= 0.6 is 12.4 Å². The number of nitrogens with one attached hydrogen (secondary N) is 1. The Morgan fingerprint density at radius 2 is 2.04 bits per heavy atom. The second kappa shape index (κ2) is 9.35. The Labute approximate surface area is 148 Å². The van der Waals surface area contributed by atoms with Crippen molar-refractivity contribution in [2.75, 3.05) is 0 Å². The number of hydrogen-bond acceptors (Lipinski definition) is 4. The van der Waals surface area contributed by atoms with Crippen LogP contribution in [0.5, 0.6) is 0 Å². The number of fused-ring (bicyclic) bond motifs is 1. The quantitative estimate of drug-likeness (QED) is 0.634. The van der Waals surface area contributed by atoms with Gasteiger partial charge in [-0.15, -0.1) is 12.4 Å². The fraction of sp³-hybridized carbons (Fsp3) is 0.389. The van der Waals surface area contributed by atoms with Crippen molar-refractivity contribution >= 4 is 23.2 Å². The Kier molecular flexibility index (Phi) is 7.15. The maximum atomic E-state index is 4.15. The molecular formula is C18H24ClN5. The molecule has 0 saturated carbocycles. The smallest absolute Gasteiger partial charge is 0.137 e.